The molecule has 1 aromatic carbocycles. The smallest absolute Gasteiger partial charge is 0.280 e. The van der Waals surface area contributed by atoms with E-state index >= 15 is 0 Å². The summed E-state index contributed by atoms with van der Waals surface area (Å²) >= 11 is 0. The second kappa shape index (κ2) is 6.36. The van der Waals surface area contributed by atoms with Crippen molar-refractivity contribution in [2.75, 3.05) is 4.72 Å². The number of fused-ring (bicyclic) bond motifs is 1. The van der Waals surface area contributed by atoms with E-state index in [0.717, 1.165) is 12.1 Å². The van der Waals surface area contributed by atoms with E-state index < -0.39 is 10.0 Å². The van der Waals surface area contributed by atoms with E-state index in [4.69, 9.17) is 0 Å². The molecule has 0 saturated carbocycles. The molecule has 0 atom stereocenters. The number of aromatic amines is 1. The van der Waals surface area contributed by atoms with Crippen LogP contribution in [0.3, 0.4) is 0 Å². The molecule has 8 heteroatoms. The van der Waals surface area contributed by atoms with E-state index in [0.29, 0.717) is 16.6 Å². The Morgan fingerprint density at radius 2 is 2.04 bits per heavy atom. The van der Waals surface area contributed by atoms with Crippen LogP contribution < -0.4 is 10.2 Å². The minimum atomic E-state index is -3.81. The maximum Gasteiger partial charge on any atom is 0.280 e. The number of aryl methyl sites for hydroxylation is 1. The van der Waals surface area contributed by atoms with E-state index in [1.807, 2.05) is 20.8 Å². The summed E-state index contributed by atoms with van der Waals surface area (Å²) in [6.07, 6.45) is 3.68. The third-order valence-electron chi connectivity index (χ3n) is 3.97. The number of hydrogen-bond donors (Lipinski definition) is 2. The van der Waals surface area contributed by atoms with Crippen LogP contribution in [0.1, 0.15) is 32.5 Å². The van der Waals surface area contributed by atoms with Gasteiger partial charge in [-0.15, -0.1) is 0 Å². The molecule has 0 amide bonds. The van der Waals surface area contributed by atoms with Crippen molar-refractivity contribution in [3.63, 3.8) is 0 Å². The highest BCUT2D eigenvalue weighted by Crippen LogP contribution is 2.19. The van der Waals surface area contributed by atoms with Gasteiger partial charge in [-0.2, -0.15) is 8.42 Å². The van der Waals surface area contributed by atoms with Crippen LogP contribution in [-0.4, -0.2) is 23.0 Å². The molecule has 2 heterocycles. The van der Waals surface area contributed by atoms with Crippen LogP contribution in [0, 0.1) is 0 Å². The van der Waals surface area contributed by atoms with Gasteiger partial charge in [0.1, 0.15) is 0 Å². The number of imidazole rings is 1. The molecule has 0 aliphatic carbocycles. The van der Waals surface area contributed by atoms with Gasteiger partial charge in [-0.3, -0.25) is 9.52 Å². The Balaban J connectivity index is 1.96. The summed E-state index contributed by atoms with van der Waals surface area (Å²) in [5.41, 5.74) is 1.69. The maximum atomic E-state index is 12.5. The second-order valence-electron chi connectivity index (χ2n) is 6.13. The minimum absolute atomic E-state index is 0.0588. The third kappa shape index (κ3) is 3.43. The fourth-order valence-electron chi connectivity index (χ4n) is 2.50. The van der Waals surface area contributed by atoms with Gasteiger partial charge in [0.25, 0.3) is 10.0 Å². The first kappa shape index (κ1) is 17.2. The molecule has 25 heavy (non-hydrogen) atoms. The average Bonchev–Trinajstić information content (AvgIpc) is 3.06. The maximum absolute atomic E-state index is 12.5. The van der Waals surface area contributed by atoms with E-state index in [1.165, 1.54) is 24.7 Å². The highest BCUT2D eigenvalue weighted by atomic mass is 32.2. The Bertz CT molecular complexity index is 1080. The van der Waals surface area contributed by atoms with Gasteiger partial charge in [0.15, 0.2) is 10.5 Å². The zero-order valence-electron chi connectivity index (χ0n) is 14.3. The molecule has 0 aliphatic rings. The Labute approximate surface area is 145 Å². The van der Waals surface area contributed by atoms with Gasteiger partial charge in [-0.05, 0) is 38.5 Å². The molecule has 132 valence electrons. The van der Waals surface area contributed by atoms with Crippen molar-refractivity contribution >= 4 is 26.6 Å². The Morgan fingerprint density at radius 1 is 1.28 bits per heavy atom. The molecule has 2 aromatic heterocycles. The highest BCUT2D eigenvalue weighted by molar-refractivity contribution is 7.92. The summed E-state index contributed by atoms with van der Waals surface area (Å²) in [6, 6.07) is 6.49. The Hall–Kier alpha value is -2.61. The molecule has 3 aromatic rings. The lowest BCUT2D eigenvalue weighted by atomic mass is 10.1. The highest BCUT2D eigenvalue weighted by Gasteiger charge is 2.18. The van der Waals surface area contributed by atoms with Gasteiger partial charge in [-0.25, -0.2) is 4.98 Å². The number of benzene rings is 1. The topological polar surface area (TPSA) is 96.8 Å². The summed E-state index contributed by atoms with van der Waals surface area (Å²) in [5.74, 6) is 0. The van der Waals surface area contributed by atoms with Gasteiger partial charge in [0, 0.05) is 40.6 Å². The first-order valence-corrected chi connectivity index (χ1v) is 9.50. The van der Waals surface area contributed by atoms with Gasteiger partial charge >= 0.3 is 0 Å². The number of sulfonamides is 1. The summed E-state index contributed by atoms with van der Waals surface area (Å²) in [7, 11) is -3.81. The van der Waals surface area contributed by atoms with Crippen LogP contribution in [0.5, 0.6) is 0 Å². The first-order valence-electron chi connectivity index (χ1n) is 8.02. The van der Waals surface area contributed by atoms with E-state index in [-0.39, 0.29) is 16.5 Å². The Kier molecular flexibility index (Phi) is 4.38. The van der Waals surface area contributed by atoms with Gasteiger partial charge in [-0.1, -0.05) is 6.92 Å². The summed E-state index contributed by atoms with van der Waals surface area (Å²) < 4.78 is 29.2. The summed E-state index contributed by atoms with van der Waals surface area (Å²) in [4.78, 5) is 19.3. The number of H-pyrrole nitrogens is 1. The quantitative estimate of drug-likeness (QED) is 0.731. The number of pyridine rings is 1. The van der Waals surface area contributed by atoms with Crippen molar-refractivity contribution in [2.24, 2.45) is 0 Å². The first-order chi connectivity index (χ1) is 11.8. The molecular formula is C17H20N4O3S. The predicted octanol–water partition coefficient (Wildman–Crippen LogP) is 2.67. The molecule has 0 saturated heterocycles. The number of nitrogens with one attached hydrogen (secondary N) is 2. The number of rotatable bonds is 5. The van der Waals surface area contributed by atoms with E-state index in [9.17, 15) is 13.2 Å². The van der Waals surface area contributed by atoms with Gasteiger partial charge in [0.2, 0.25) is 0 Å². The Morgan fingerprint density at radius 3 is 2.68 bits per heavy atom. The lowest BCUT2D eigenvalue weighted by Gasteiger charge is -2.08. The lowest BCUT2D eigenvalue weighted by molar-refractivity contribution is 0.591. The molecule has 7 nitrogen and oxygen atoms in total. The van der Waals surface area contributed by atoms with Crippen molar-refractivity contribution in [1.29, 1.82) is 0 Å². The molecule has 3 rings (SSSR count). The standard InChI is InChI=1S/C17H20N4O3S/c1-4-12-8-16(22)14-7-13(5-6-15(14)19-12)20-25(23,24)17-9-21(10-18-17)11(2)3/h5-11,20H,4H2,1-3H3,(H,19,22). The normalized spacial score (nSPS) is 12.0. The third-order valence-corrected chi connectivity index (χ3v) is 5.23. The largest absolute Gasteiger partial charge is 0.358 e. The van der Waals surface area contributed by atoms with E-state index in [1.54, 1.807) is 16.7 Å². The predicted molar refractivity (Wildman–Crippen MR) is 97.4 cm³/mol. The number of anilines is 1. The zero-order valence-corrected chi connectivity index (χ0v) is 15.1. The molecule has 0 radical (unpaired) electrons. The average molecular weight is 360 g/mol. The van der Waals surface area contributed by atoms with Crippen LogP contribution in [0.2, 0.25) is 0 Å². The SMILES string of the molecule is CCc1cc(=O)c2cc(NS(=O)(=O)c3cn(C(C)C)cn3)ccc2[nH]1. The van der Waals surface area contributed by atoms with Crippen molar-refractivity contribution in [3.8, 4) is 0 Å². The van der Waals surface area contributed by atoms with Crippen molar-refractivity contribution in [1.82, 2.24) is 14.5 Å². The van der Waals surface area contributed by atoms with Crippen LogP contribution in [0.4, 0.5) is 5.69 Å². The molecule has 2 N–H and O–H groups in total. The van der Waals surface area contributed by atoms with E-state index in [2.05, 4.69) is 14.7 Å². The fraction of sp³-hybridized carbons (Fsp3) is 0.294. The molecular weight excluding hydrogens is 340 g/mol. The second-order valence-corrected chi connectivity index (χ2v) is 7.76. The molecule has 0 spiro atoms. The molecule has 0 aliphatic heterocycles. The minimum Gasteiger partial charge on any atom is -0.358 e. The van der Waals surface area contributed by atoms with Crippen molar-refractivity contribution < 1.29 is 8.42 Å². The van der Waals surface area contributed by atoms with Crippen LogP contribution in [0.25, 0.3) is 10.9 Å². The van der Waals surface area contributed by atoms with Crippen LogP contribution in [0.15, 0.2) is 46.6 Å². The molecule has 0 fully saturated rings. The van der Waals surface area contributed by atoms with Crippen molar-refractivity contribution in [2.45, 2.75) is 38.3 Å². The lowest BCUT2D eigenvalue weighted by Crippen LogP contribution is -2.14. The summed E-state index contributed by atoms with van der Waals surface area (Å²) in [5, 5.41) is 0.377. The number of nitrogens with zero attached hydrogens (tertiary/aromatic N) is 2. The monoisotopic (exact) mass is 360 g/mol. The summed E-state index contributed by atoms with van der Waals surface area (Å²) in [6.45, 7) is 5.83. The number of aromatic nitrogens is 3. The van der Waals surface area contributed by atoms with Gasteiger partial charge in [0.05, 0.1) is 6.33 Å². The van der Waals surface area contributed by atoms with Crippen molar-refractivity contribution in [3.05, 3.63) is 52.7 Å². The van der Waals surface area contributed by atoms with Gasteiger partial charge < -0.3 is 9.55 Å². The van der Waals surface area contributed by atoms with Crippen LogP contribution >= 0.6 is 0 Å². The molecule has 0 bridgehead atoms. The molecule has 0 unspecified atom stereocenters. The zero-order chi connectivity index (χ0) is 18.2. The fourth-order valence-corrected chi connectivity index (χ4v) is 3.49. The number of hydrogen-bond acceptors (Lipinski definition) is 4. The van der Waals surface area contributed by atoms with Crippen LogP contribution in [-0.2, 0) is 16.4 Å².